The summed E-state index contributed by atoms with van der Waals surface area (Å²) in [5, 5.41) is 3.07. The molecule has 2 rings (SSSR count). The molecule has 18 heavy (non-hydrogen) atoms. The Bertz CT molecular complexity index is 433. The smallest absolute Gasteiger partial charge is 0.328 e. The molecule has 1 atom stereocenters. The van der Waals surface area contributed by atoms with Crippen LogP contribution < -0.4 is 14.8 Å². The van der Waals surface area contributed by atoms with Gasteiger partial charge in [-0.2, -0.15) is 0 Å². The molecule has 1 aliphatic rings. The first-order valence-electron chi connectivity index (χ1n) is 6.03. The van der Waals surface area contributed by atoms with E-state index in [0.717, 1.165) is 11.4 Å². The highest BCUT2D eigenvalue weighted by atomic mass is 16.6. The van der Waals surface area contributed by atoms with E-state index in [9.17, 15) is 4.79 Å². The average molecular weight is 251 g/mol. The molecule has 0 spiro atoms. The summed E-state index contributed by atoms with van der Waals surface area (Å²) in [4.78, 5) is 11.5. The Kier molecular flexibility index (Phi) is 3.92. The lowest BCUT2D eigenvalue weighted by Gasteiger charge is -2.20. The largest absolute Gasteiger partial charge is 0.486 e. The number of anilines is 1. The summed E-state index contributed by atoms with van der Waals surface area (Å²) in [5.41, 5.74) is 0.805. The van der Waals surface area contributed by atoms with Crippen molar-refractivity contribution in [2.45, 2.75) is 19.9 Å². The number of hydrogen-bond acceptors (Lipinski definition) is 5. The van der Waals surface area contributed by atoms with Gasteiger partial charge in [-0.25, -0.2) is 4.79 Å². The molecule has 1 aromatic carbocycles. The summed E-state index contributed by atoms with van der Waals surface area (Å²) < 4.78 is 15.8. The van der Waals surface area contributed by atoms with Gasteiger partial charge in [-0.1, -0.05) is 0 Å². The van der Waals surface area contributed by atoms with Crippen LogP contribution in [0.2, 0.25) is 0 Å². The summed E-state index contributed by atoms with van der Waals surface area (Å²) in [6, 6.07) is 5.11. The lowest BCUT2D eigenvalue weighted by atomic mass is 10.2. The molecule has 5 heteroatoms. The van der Waals surface area contributed by atoms with Gasteiger partial charge in [-0.3, -0.25) is 0 Å². The topological polar surface area (TPSA) is 56.8 Å². The summed E-state index contributed by atoms with van der Waals surface area (Å²) in [7, 11) is 0. The molecule has 0 bridgehead atoms. The Balaban J connectivity index is 2.03. The van der Waals surface area contributed by atoms with E-state index < -0.39 is 6.04 Å². The highest BCUT2D eigenvalue weighted by Crippen LogP contribution is 2.32. The predicted molar refractivity (Wildman–Crippen MR) is 67.1 cm³/mol. The van der Waals surface area contributed by atoms with Crippen molar-refractivity contribution >= 4 is 11.7 Å². The number of carbonyl (C=O) groups excluding carboxylic acids is 1. The highest BCUT2D eigenvalue weighted by molar-refractivity contribution is 5.79. The van der Waals surface area contributed by atoms with Gasteiger partial charge in [0.25, 0.3) is 0 Å². The SMILES string of the molecule is CCOC(=O)C(C)Nc1ccc2c(c1)OCCO2. The van der Waals surface area contributed by atoms with Gasteiger partial charge in [-0.05, 0) is 26.0 Å². The summed E-state index contributed by atoms with van der Waals surface area (Å²) in [6.45, 7) is 5.04. The zero-order valence-electron chi connectivity index (χ0n) is 10.6. The van der Waals surface area contributed by atoms with Crippen LogP contribution in [0, 0.1) is 0 Å². The molecule has 0 saturated carbocycles. The third-order valence-electron chi connectivity index (χ3n) is 2.57. The van der Waals surface area contributed by atoms with Crippen LogP contribution >= 0.6 is 0 Å². The van der Waals surface area contributed by atoms with E-state index in [4.69, 9.17) is 14.2 Å². The summed E-state index contributed by atoms with van der Waals surface area (Å²) >= 11 is 0. The van der Waals surface area contributed by atoms with Crippen molar-refractivity contribution in [3.8, 4) is 11.5 Å². The lowest BCUT2D eigenvalue weighted by Crippen LogP contribution is -2.28. The number of benzene rings is 1. The van der Waals surface area contributed by atoms with Crippen LogP contribution in [0.3, 0.4) is 0 Å². The van der Waals surface area contributed by atoms with Crippen molar-refractivity contribution in [3.63, 3.8) is 0 Å². The first kappa shape index (κ1) is 12.5. The maximum absolute atomic E-state index is 11.5. The second-order valence-corrected chi connectivity index (χ2v) is 3.98. The molecule has 1 unspecified atom stereocenters. The first-order chi connectivity index (χ1) is 8.70. The van der Waals surface area contributed by atoms with Crippen LogP contribution in [0.4, 0.5) is 5.69 Å². The van der Waals surface area contributed by atoms with E-state index in [1.165, 1.54) is 0 Å². The molecular formula is C13H17NO4. The van der Waals surface area contributed by atoms with E-state index >= 15 is 0 Å². The molecule has 0 amide bonds. The molecular weight excluding hydrogens is 234 g/mol. The normalized spacial score (nSPS) is 14.8. The molecule has 1 heterocycles. The Hall–Kier alpha value is -1.91. The molecule has 0 aliphatic carbocycles. The quantitative estimate of drug-likeness (QED) is 0.827. The zero-order valence-corrected chi connectivity index (χ0v) is 10.6. The van der Waals surface area contributed by atoms with Crippen LogP contribution in [-0.2, 0) is 9.53 Å². The molecule has 0 fully saturated rings. The van der Waals surface area contributed by atoms with Crippen molar-refractivity contribution in [1.82, 2.24) is 0 Å². The van der Waals surface area contributed by atoms with Gasteiger partial charge in [0.15, 0.2) is 11.5 Å². The van der Waals surface area contributed by atoms with Crippen LogP contribution in [0.5, 0.6) is 11.5 Å². The number of hydrogen-bond donors (Lipinski definition) is 1. The van der Waals surface area contributed by atoms with Crippen LogP contribution in [0.1, 0.15) is 13.8 Å². The fourth-order valence-electron chi connectivity index (χ4n) is 1.71. The van der Waals surface area contributed by atoms with Gasteiger partial charge in [0, 0.05) is 11.8 Å². The minimum absolute atomic E-state index is 0.271. The number of carbonyl (C=O) groups is 1. The van der Waals surface area contributed by atoms with Crippen molar-refractivity contribution in [2.75, 3.05) is 25.1 Å². The number of rotatable bonds is 4. The highest BCUT2D eigenvalue weighted by Gasteiger charge is 2.16. The number of fused-ring (bicyclic) bond motifs is 1. The first-order valence-corrected chi connectivity index (χ1v) is 6.03. The molecule has 5 nitrogen and oxygen atoms in total. The Labute approximate surface area is 106 Å². The van der Waals surface area contributed by atoms with Gasteiger partial charge in [0.2, 0.25) is 0 Å². The van der Waals surface area contributed by atoms with E-state index in [2.05, 4.69) is 5.32 Å². The van der Waals surface area contributed by atoms with Gasteiger partial charge < -0.3 is 19.5 Å². The van der Waals surface area contributed by atoms with E-state index in [1.807, 2.05) is 18.2 Å². The zero-order chi connectivity index (χ0) is 13.0. The Morgan fingerprint density at radius 2 is 2.11 bits per heavy atom. The van der Waals surface area contributed by atoms with E-state index in [-0.39, 0.29) is 5.97 Å². The van der Waals surface area contributed by atoms with Gasteiger partial charge in [0.05, 0.1) is 6.61 Å². The van der Waals surface area contributed by atoms with Crippen molar-refractivity contribution in [3.05, 3.63) is 18.2 Å². The van der Waals surface area contributed by atoms with Gasteiger partial charge >= 0.3 is 5.97 Å². The third kappa shape index (κ3) is 2.85. The van der Waals surface area contributed by atoms with Crippen molar-refractivity contribution in [2.24, 2.45) is 0 Å². The number of esters is 1. The minimum Gasteiger partial charge on any atom is -0.486 e. The molecule has 1 aliphatic heterocycles. The van der Waals surface area contributed by atoms with Crippen molar-refractivity contribution in [1.29, 1.82) is 0 Å². The third-order valence-corrected chi connectivity index (χ3v) is 2.57. The molecule has 0 radical (unpaired) electrons. The average Bonchev–Trinajstić information content (AvgIpc) is 2.39. The number of ether oxygens (including phenoxy) is 3. The lowest BCUT2D eigenvalue weighted by molar-refractivity contribution is -0.143. The second-order valence-electron chi connectivity index (χ2n) is 3.98. The summed E-state index contributed by atoms with van der Waals surface area (Å²) in [5.74, 6) is 1.16. The molecule has 0 aromatic heterocycles. The van der Waals surface area contributed by atoms with Crippen LogP contribution in [0.15, 0.2) is 18.2 Å². The second kappa shape index (κ2) is 5.62. The van der Waals surface area contributed by atoms with Gasteiger partial charge in [-0.15, -0.1) is 0 Å². The monoisotopic (exact) mass is 251 g/mol. The van der Waals surface area contributed by atoms with Crippen LogP contribution in [-0.4, -0.2) is 31.8 Å². The standard InChI is InChI=1S/C13H17NO4/c1-3-16-13(15)9(2)14-10-4-5-11-12(8-10)18-7-6-17-11/h4-5,8-9,14H,3,6-7H2,1-2H3. The number of nitrogens with one attached hydrogen (secondary N) is 1. The fraction of sp³-hybridized carbons (Fsp3) is 0.462. The maximum atomic E-state index is 11.5. The molecule has 98 valence electrons. The van der Waals surface area contributed by atoms with Crippen LogP contribution in [0.25, 0.3) is 0 Å². The fourth-order valence-corrected chi connectivity index (χ4v) is 1.71. The molecule has 1 aromatic rings. The summed E-state index contributed by atoms with van der Waals surface area (Å²) in [6.07, 6.45) is 0. The van der Waals surface area contributed by atoms with E-state index in [0.29, 0.717) is 25.6 Å². The minimum atomic E-state index is -0.396. The maximum Gasteiger partial charge on any atom is 0.328 e. The predicted octanol–water partition coefficient (Wildman–Crippen LogP) is 1.82. The Morgan fingerprint density at radius 1 is 1.39 bits per heavy atom. The van der Waals surface area contributed by atoms with Gasteiger partial charge in [0.1, 0.15) is 19.3 Å². The molecule has 0 saturated heterocycles. The van der Waals surface area contributed by atoms with E-state index in [1.54, 1.807) is 13.8 Å². The Morgan fingerprint density at radius 3 is 2.83 bits per heavy atom. The van der Waals surface area contributed by atoms with Crippen molar-refractivity contribution < 1.29 is 19.0 Å². The molecule has 1 N–H and O–H groups in total.